The molecule has 9 rings (SSSR count). The summed E-state index contributed by atoms with van der Waals surface area (Å²) in [6.45, 7) is 0. The number of aromatic nitrogens is 3. The molecule has 0 fully saturated rings. The van der Waals surface area contributed by atoms with Crippen molar-refractivity contribution in [3.05, 3.63) is 200 Å². The maximum absolute atomic E-state index is 4.51. The third-order valence-electron chi connectivity index (χ3n) is 8.21. The third-order valence-corrected chi connectivity index (χ3v) is 8.21. The number of allylic oxidation sites excluding steroid dienone is 4. The molecule has 0 saturated heterocycles. The molecule has 1 unspecified atom stereocenters. The van der Waals surface area contributed by atoms with Gasteiger partial charge >= 0.3 is 20.1 Å². The standard InChI is InChI=1S/C15H12N.2C15H10N.Ir/c3*1-2-7-13(8-3-1)15-14-9-5-4-6-12(14)10-11-16-15;/h1-6,9-11,13H,7H2;2*1-7,9-11H;/q3*-1;+3. The molecule has 0 N–H and O–H groups in total. The summed E-state index contributed by atoms with van der Waals surface area (Å²) in [5, 5.41) is 7.27. The van der Waals surface area contributed by atoms with Crippen LogP contribution in [0.2, 0.25) is 0 Å². The van der Waals surface area contributed by atoms with Crippen LogP contribution in [-0.4, -0.2) is 15.0 Å². The number of fused-ring (bicyclic) bond motifs is 3. The quantitative estimate of drug-likeness (QED) is 0.167. The van der Waals surface area contributed by atoms with Crippen molar-refractivity contribution in [3.63, 3.8) is 0 Å². The molecule has 0 spiro atoms. The van der Waals surface area contributed by atoms with Crippen molar-refractivity contribution in [2.24, 2.45) is 0 Å². The minimum absolute atomic E-state index is 0. The summed E-state index contributed by atoms with van der Waals surface area (Å²) in [4.78, 5) is 13.4. The van der Waals surface area contributed by atoms with E-state index in [4.69, 9.17) is 0 Å². The van der Waals surface area contributed by atoms with E-state index < -0.39 is 0 Å². The molecule has 8 aromatic rings. The average Bonchev–Trinajstić information content (AvgIpc) is 3.19. The van der Waals surface area contributed by atoms with E-state index in [0.717, 1.165) is 34.6 Å². The molecule has 3 aromatic heterocycles. The molecule has 1 aliphatic rings. The molecule has 5 aromatic carbocycles. The van der Waals surface area contributed by atoms with Gasteiger partial charge in [0.25, 0.3) is 0 Å². The number of rotatable bonds is 3. The van der Waals surface area contributed by atoms with Crippen LogP contribution in [0, 0.1) is 18.2 Å². The van der Waals surface area contributed by atoms with Gasteiger partial charge in [-0.1, -0.05) is 85.1 Å². The van der Waals surface area contributed by atoms with E-state index in [0.29, 0.717) is 5.92 Å². The van der Waals surface area contributed by atoms with Crippen molar-refractivity contribution in [2.45, 2.75) is 12.3 Å². The minimum Gasteiger partial charge on any atom is -0.304 e. The van der Waals surface area contributed by atoms with E-state index in [2.05, 4.69) is 93.8 Å². The van der Waals surface area contributed by atoms with Gasteiger partial charge in [-0.2, -0.15) is 6.08 Å². The van der Waals surface area contributed by atoms with Gasteiger partial charge in [0.05, 0.1) is 0 Å². The Kier molecular flexibility index (Phi) is 11.3. The third kappa shape index (κ3) is 7.96. The van der Waals surface area contributed by atoms with Crippen LogP contribution in [0.1, 0.15) is 18.0 Å². The van der Waals surface area contributed by atoms with E-state index in [1.165, 1.54) is 32.3 Å². The van der Waals surface area contributed by atoms with Crippen LogP contribution in [0.3, 0.4) is 0 Å². The summed E-state index contributed by atoms with van der Waals surface area (Å²) in [7, 11) is 0. The predicted octanol–water partition coefficient (Wildman–Crippen LogP) is 11.0. The molecule has 3 nitrogen and oxygen atoms in total. The number of hydrogen-bond acceptors (Lipinski definition) is 3. The fourth-order valence-corrected chi connectivity index (χ4v) is 5.88. The van der Waals surface area contributed by atoms with Crippen LogP contribution < -0.4 is 0 Å². The first-order chi connectivity index (χ1) is 23.8. The molecule has 49 heavy (non-hydrogen) atoms. The van der Waals surface area contributed by atoms with Crippen LogP contribution in [0.5, 0.6) is 0 Å². The SMILES string of the molecule is [C-]1=CC=CCC1c1nccc2ccccc12.[Ir+3].[c-]1ccccc1-c1nccc2ccccc12.[c-]1ccccc1-c1nccc2ccccc12. The van der Waals surface area contributed by atoms with E-state index in [1.54, 1.807) is 0 Å². The first-order valence-corrected chi connectivity index (χ1v) is 16.0. The van der Waals surface area contributed by atoms with Gasteiger partial charge in [0.15, 0.2) is 0 Å². The summed E-state index contributed by atoms with van der Waals surface area (Å²) in [5.41, 5.74) is 5.22. The Bertz CT molecular complexity index is 2200. The van der Waals surface area contributed by atoms with Crippen LogP contribution in [-0.2, 0) is 20.1 Å². The molecule has 0 amide bonds. The van der Waals surface area contributed by atoms with Crippen LogP contribution >= 0.6 is 0 Å². The second kappa shape index (κ2) is 16.5. The van der Waals surface area contributed by atoms with Gasteiger partial charge < -0.3 is 9.97 Å². The van der Waals surface area contributed by atoms with E-state index in [1.807, 2.05) is 116 Å². The Balaban J connectivity index is 0.000000126. The van der Waals surface area contributed by atoms with E-state index in [9.17, 15) is 0 Å². The molecule has 0 saturated carbocycles. The molecule has 236 valence electrons. The zero-order valence-corrected chi connectivity index (χ0v) is 29.1. The monoisotopic (exact) mass is 807 g/mol. The molecular weight excluding hydrogens is 775 g/mol. The Morgan fingerprint density at radius 3 is 1.45 bits per heavy atom. The molecule has 0 aliphatic heterocycles. The Morgan fingerprint density at radius 2 is 0.959 bits per heavy atom. The maximum atomic E-state index is 4.51. The topological polar surface area (TPSA) is 38.7 Å². The van der Waals surface area contributed by atoms with Crippen LogP contribution in [0.25, 0.3) is 54.8 Å². The van der Waals surface area contributed by atoms with Gasteiger partial charge in [-0.05, 0) is 56.5 Å². The van der Waals surface area contributed by atoms with Crippen molar-refractivity contribution < 1.29 is 20.1 Å². The second-order valence-corrected chi connectivity index (χ2v) is 11.3. The molecule has 0 radical (unpaired) electrons. The fourth-order valence-electron chi connectivity index (χ4n) is 5.88. The first-order valence-electron chi connectivity index (χ1n) is 16.0. The first kappa shape index (κ1) is 33.4. The fraction of sp³-hybridized carbons (Fsp3) is 0.0444. The zero-order valence-electron chi connectivity index (χ0n) is 26.7. The predicted molar refractivity (Wildman–Crippen MR) is 198 cm³/mol. The van der Waals surface area contributed by atoms with E-state index >= 15 is 0 Å². The summed E-state index contributed by atoms with van der Waals surface area (Å²) in [6.07, 6.45) is 16.1. The molecular formula is C45H32IrN3. The smallest absolute Gasteiger partial charge is 0.304 e. The van der Waals surface area contributed by atoms with Gasteiger partial charge in [0.1, 0.15) is 0 Å². The molecule has 0 bridgehead atoms. The average molecular weight is 807 g/mol. The van der Waals surface area contributed by atoms with Gasteiger partial charge in [-0.3, -0.25) is 11.1 Å². The number of hydrogen-bond donors (Lipinski definition) is 0. The van der Waals surface area contributed by atoms with Gasteiger partial charge in [0, 0.05) is 29.7 Å². The zero-order chi connectivity index (χ0) is 32.4. The Morgan fingerprint density at radius 1 is 0.490 bits per heavy atom. The van der Waals surface area contributed by atoms with Crippen LogP contribution in [0.4, 0.5) is 0 Å². The summed E-state index contributed by atoms with van der Waals surface area (Å²) < 4.78 is 0. The molecule has 4 heteroatoms. The van der Waals surface area contributed by atoms with Crippen molar-refractivity contribution in [2.75, 3.05) is 0 Å². The molecule has 3 heterocycles. The van der Waals surface area contributed by atoms with E-state index in [-0.39, 0.29) is 20.1 Å². The van der Waals surface area contributed by atoms with Crippen molar-refractivity contribution in [1.29, 1.82) is 0 Å². The Labute approximate surface area is 301 Å². The normalized spacial score (nSPS) is 13.1. The van der Waals surface area contributed by atoms with Crippen molar-refractivity contribution in [3.8, 4) is 22.5 Å². The van der Waals surface area contributed by atoms with Gasteiger partial charge in [-0.15, -0.1) is 71.8 Å². The molecule has 1 atom stereocenters. The largest absolute Gasteiger partial charge is 3.00 e. The summed E-state index contributed by atoms with van der Waals surface area (Å²) in [6, 6.07) is 53.3. The van der Waals surface area contributed by atoms with Gasteiger partial charge in [0.2, 0.25) is 0 Å². The Hall–Kier alpha value is -5.54. The summed E-state index contributed by atoms with van der Waals surface area (Å²) in [5.74, 6) is 0.302. The number of benzene rings is 5. The summed E-state index contributed by atoms with van der Waals surface area (Å²) >= 11 is 0. The number of pyridine rings is 3. The maximum Gasteiger partial charge on any atom is 3.00 e. The van der Waals surface area contributed by atoms with Crippen molar-refractivity contribution in [1.82, 2.24) is 15.0 Å². The van der Waals surface area contributed by atoms with Crippen LogP contribution in [0.15, 0.2) is 176 Å². The molecule has 1 aliphatic carbocycles. The minimum atomic E-state index is 0. The van der Waals surface area contributed by atoms with Gasteiger partial charge in [-0.25, -0.2) is 12.2 Å². The second-order valence-electron chi connectivity index (χ2n) is 11.3. The van der Waals surface area contributed by atoms with Crippen molar-refractivity contribution >= 4 is 32.3 Å². The number of nitrogens with zero attached hydrogens (tertiary/aromatic N) is 3.